The van der Waals surface area contributed by atoms with Crippen LogP contribution >= 0.6 is 0 Å². The number of piperazine rings is 1. The van der Waals surface area contributed by atoms with E-state index in [0.717, 1.165) is 18.9 Å². The van der Waals surface area contributed by atoms with E-state index in [-0.39, 0.29) is 33.5 Å². The third-order valence-corrected chi connectivity index (χ3v) is 7.77. The first-order valence-corrected chi connectivity index (χ1v) is 12.9. The lowest BCUT2D eigenvalue weighted by Crippen LogP contribution is -2.51. The van der Waals surface area contributed by atoms with Crippen molar-refractivity contribution in [1.82, 2.24) is 9.47 Å². The summed E-state index contributed by atoms with van der Waals surface area (Å²) in [6.07, 6.45) is 3.05. The van der Waals surface area contributed by atoms with E-state index in [2.05, 4.69) is 4.40 Å². The van der Waals surface area contributed by atoms with Gasteiger partial charge in [0.1, 0.15) is 11.4 Å². The molecular formula is C24H24FN5O5S. The van der Waals surface area contributed by atoms with Crippen LogP contribution in [0, 0.1) is 5.82 Å². The summed E-state index contributed by atoms with van der Waals surface area (Å²) in [6, 6.07) is 10.5. The molecule has 1 aromatic heterocycles. The van der Waals surface area contributed by atoms with Crippen LogP contribution in [-0.4, -0.2) is 61.1 Å². The topological polar surface area (TPSA) is 138 Å². The second-order valence-corrected chi connectivity index (χ2v) is 10.5. The van der Waals surface area contributed by atoms with E-state index in [0.29, 0.717) is 31.7 Å². The van der Waals surface area contributed by atoms with Gasteiger partial charge in [-0.25, -0.2) is 9.18 Å². The summed E-state index contributed by atoms with van der Waals surface area (Å²) in [5.41, 5.74) is 5.67. The number of carboxylic acids is 1. The number of rotatable bonds is 5. The second kappa shape index (κ2) is 8.94. The molecule has 0 radical (unpaired) electrons. The summed E-state index contributed by atoms with van der Waals surface area (Å²) in [5, 5.41) is 9.44. The van der Waals surface area contributed by atoms with E-state index in [1.165, 1.54) is 18.3 Å². The molecule has 1 aliphatic carbocycles. The predicted octanol–water partition coefficient (Wildman–Crippen LogP) is 2.00. The maximum absolute atomic E-state index is 15.2. The first-order valence-electron chi connectivity index (χ1n) is 11.4. The van der Waals surface area contributed by atoms with Gasteiger partial charge in [0.25, 0.3) is 10.0 Å². The molecule has 1 aliphatic heterocycles. The van der Waals surface area contributed by atoms with Gasteiger partial charge in [-0.3, -0.25) is 4.79 Å². The van der Waals surface area contributed by atoms with Crippen molar-refractivity contribution < 1.29 is 22.7 Å². The number of sulfonamides is 1. The molecule has 0 bridgehead atoms. The number of carbonyl (C=O) groups is 1. The van der Waals surface area contributed by atoms with Gasteiger partial charge in [0, 0.05) is 43.8 Å². The van der Waals surface area contributed by atoms with Gasteiger partial charge in [0.15, 0.2) is 0 Å². The number of aromatic carboxylic acids is 1. The highest BCUT2D eigenvalue weighted by molar-refractivity contribution is 7.90. The summed E-state index contributed by atoms with van der Waals surface area (Å²) >= 11 is 0. The maximum Gasteiger partial charge on any atom is 0.341 e. The molecule has 3 N–H and O–H groups in total. The van der Waals surface area contributed by atoms with Crippen LogP contribution in [0.1, 0.15) is 29.2 Å². The van der Waals surface area contributed by atoms with Gasteiger partial charge >= 0.3 is 5.97 Å². The SMILES string of the molecule is N/C(=N\S(=O)(=O)c1ccccc1)N1CCN(c2cc3c(cc2F)c(=O)c(C(=O)O)cn3C2CC2)CC1. The van der Waals surface area contributed by atoms with Crippen molar-refractivity contribution >= 4 is 38.5 Å². The number of hydrogen-bond acceptors (Lipinski definition) is 5. The molecule has 0 unspecified atom stereocenters. The molecule has 2 fully saturated rings. The number of carboxylic acid groups (broad SMARTS) is 1. The Bertz CT molecular complexity index is 1540. The van der Waals surface area contributed by atoms with Crippen LogP contribution in [0.2, 0.25) is 0 Å². The number of nitrogens with two attached hydrogens (primary N) is 1. The molecule has 2 aromatic carbocycles. The molecular weight excluding hydrogens is 489 g/mol. The first kappa shape index (κ1) is 23.8. The molecule has 12 heteroatoms. The minimum Gasteiger partial charge on any atom is -0.477 e. The fourth-order valence-corrected chi connectivity index (χ4v) is 5.38. The monoisotopic (exact) mass is 513 g/mol. The maximum atomic E-state index is 15.2. The molecule has 2 heterocycles. The number of fused-ring (bicyclic) bond motifs is 1. The minimum absolute atomic E-state index is 0.0317. The number of anilines is 1. The van der Waals surface area contributed by atoms with Crippen LogP contribution in [0.25, 0.3) is 10.9 Å². The normalized spacial score (nSPS) is 17.0. The van der Waals surface area contributed by atoms with Gasteiger partial charge in [-0.2, -0.15) is 8.42 Å². The van der Waals surface area contributed by atoms with Crippen molar-refractivity contribution in [1.29, 1.82) is 0 Å². The van der Waals surface area contributed by atoms with E-state index in [4.69, 9.17) is 5.73 Å². The average molecular weight is 514 g/mol. The van der Waals surface area contributed by atoms with Gasteiger partial charge in [-0.1, -0.05) is 18.2 Å². The van der Waals surface area contributed by atoms with E-state index < -0.39 is 27.2 Å². The van der Waals surface area contributed by atoms with E-state index in [1.54, 1.807) is 38.6 Å². The second-order valence-electron chi connectivity index (χ2n) is 8.85. The number of guanidine groups is 1. The zero-order chi connectivity index (χ0) is 25.6. The Kier molecular flexibility index (Phi) is 5.91. The van der Waals surface area contributed by atoms with Gasteiger partial charge in [0.2, 0.25) is 11.4 Å². The molecule has 3 aromatic rings. The Balaban J connectivity index is 1.40. The van der Waals surface area contributed by atoms with Crippen LogP contribution in [-0.2, 0) is 10.0 Å². The highest BCUT2D eigenvalue weighted by atomic mass is 32.2. The van der Waals surface area contributed by atoms with Crippen LogP contribution < -0.4 is 16.1 Å². The first-order chi connectivity index (χ1) is 17.2. The molecule has 36 heavy (non-hydrogen) atoms. The van der Waals surface area contributed by atoms with Gasteiger partial charge < -0.3 is 25.2 Å². The lowest BCUT2D eigenvalue weighted by Gasteiger charge is -2.36. The molecule has 2 aliphatic rings. The quantitative estimate of drug-likeness (QED) is 0.390. The van der Waals surface area contributed by atoms with Crippen molar-refractivity contribution in [2.24, 2.45) is 10.1 Å². The number of halogens is 1. The molecule has 1 saturated carbocycles. The molecule has 188 valence electrons. The Morgan fingerprint density at radius 1 is 1.08 bits per heavy atom. The highest BCUT2D eigenvalue weighted by Crippen LogP contribution is 2.38. The average Bonchev–Trinajstić information content (AvgIpc) is 3.70. The number of aromatic nitrogens is 1. The standard InChI is InChI=1S/C24H24FN5O5S/c25-19-12-17-20(30(15-6-7-15)14-18(22(17)31)23(32)33)13-21(19)28-8-10-29(11-9-28)24(26)27-36(34,35)16-4-2-1-3-5-16/h1-5,12-15H,6-11H2,(H2,26,27)(H,32,33). The van der Waals surface area contributed by atoms with Crippen molar-refractivity contribution in [3.8, 4) is 0 Å². The van der Waals surface area contributed by atoms with E-state index in [9.17, 15) is 23.1 Å². The van der Waals surface area contributed by atoms with Crippen LogP contribution in [0.3, 0.4) is 0 Å². The van der Waals surface area contributed by atoms with E-state index >= 15 is 4.39 Å². The van der Waals surface area contributed by atoms with Crippen molar-refractivity contribution in [2.75, 3.05) is 31.1 Å². The number of hydrogen-bond donors (Lipinski definition) is 2. The van der Waals surface area contributed by atoms with Crippen LogP contribution in [0.5, 0.6) is 0 Å². The Morgan fingerprint density at radius 2 is 1.75 bits per heavy atom. The molecule has 0 amide bonds. The Hall–Kier alpha value is -3.93. The summed E-state index contributed by atoms with van der Waals surface area (Å²) in [5.74, 6) is -2.11. The molecule has 10 nitrogen and oxygen atoms in total. The van der Waals surface area contributed by atoms with Crippen molar-refractivity contribution in [2.45, 2.75) is 23.8 Å². The molecule has 1 saturated heterocycles. The lowest BCUT2D eigenvalue weighted by molar-refractivity contribution is 0.0694. The van der Waals surface area contributed by atoms with Gasteiger partial charge in [0.05, 0.1) is 16.1 Å². The highest BCUT2D eigenvalue weighted by Gasteiger charge is 2.29. The zero-order valence-corrected chi connectivity index (χ0v) is 20.0. The third-order valence-electron chi connectivity index (χ3n) is 6.47. The summed E-state index contributed by atoms with van der Waals surface area (Å²) in [6.45, 7) is 1.30. The van der Waals surface area contributed by atoms with Crippen LogP contribution in [0.4, 0.5) is 10.1 Å². The predicted molar refractivity (Wildman–Crippen MR) is 132 cm³/mol. The van der Waals surface area contributed by atoms with Gasteiger partial charge in [-0.05, 0) is 37.1 Å². The van der Waals surface area contributed by atoms with Gasteiger partial charge in [-0.15, -0.1) is 4.40 Å². The zero-order valence-electron chi connectivity index (χ0n) is 19.2. The number of pyridine rings is 1. The molecule has 0 atom stereocenters. The minimum atomic E-state index is -3.95. The largest absolute Gasteiger partial charge is 0.477 e. The smallest absolute Gasteiger partial charge is 0.341 e. The van der Waals surface area contributed by atoms with Crippen molar-refractivity contribution in [3.05, 3.63) is 70.3 Å². The molecule has 5 rings (SSSR count). The Morgan fingerprint density at radius 3 is 2.36 bits per heavy atom. The molecule has 0 spiro atoms. The van der Waals surface area contributed by atoms with Crippen molar-refractivity contribution in [3.63, 3.8) is 0 Å². The fourth-order valence-electron chi connectivity index (χ4n) is 4.41. The van der Waals surface area contributed by atoms with Crippen LogP contribution in [0.15, 0.2) is 62.7 Å². The van der Waals surface area contributed by atoms with E-state index in [1.807, 2.05) is 0 Å². The number of benzene rings is 2. The summed E-state index contributed by atoms with van der Waals surface area (Å²) < 4.78 is 45.7. The number of nitrogens with zero attached hydrogens (tertiary/aromatic N) is 4. The lowest BCUT2D eigenvalue weighted by atomic mass is 10.1. The Labute approximate surface area is 206 Å². The fraction of sp³-hybridized carbons (Fsp3) is 0.292. The third kappa shape index (κ3) is 4.39. The summed E-state index contributed by atoms with van der Waals surface area (Å²) in [7, 11) is -3.95. The summed E-state index contributed by atoms with van der Waals surface area (Å²) in [4.78, 5) is 27.7.